The second-order valence-electron chi connectivity index (χ2n) is 6.65. The zero-order valence-electron chi connectivity index (χ0n) is 14.7. The maximum atomic E-state index is 12.6. The summed E-state index contributed by atoms with van der Waals surface area (Å²) >= 11 is 0. The predicted octanol–water partition coefficient (Wildman–Crippen LogP) is 1.85. The molecule has 9 heteroatoms. The van der Waals surface area contributed by atoms with Crippen LogP contribution in [-0.4, -0.2) is 39.3 Å². The number of rotatable bonds is 5. The van der Waals surface area contributed by atoms with Crippen LogP contribution in [0.15, 0.2) is 10.9 Å². The van der Waals surface area contributed by atoms with Crippen molar-refractivity contribution in [3.63, 3.8) is 0 Å². The third-order valence-electron chi connectivity index (χ3n) is 4.87. The van der Waals surface area contributed by atoms with E-state index in [9.17, 15) is 18.4 Å². The number of nitrogens with one attached hydrogen (secondary N) is 2. The Kier molecular flexibility index (Phi) is 5.36. The molecule has 0 unspecified atom stereocenters. The third-order valence-corrected chi connectivity index (χ3v) is 4.87. The van der Waals surface area contributed by atoms with Crippen molar-refractivity contribution >= 4 is 11.6 Å². The Bertz CT molecular complexity index is 862. The number of hydrogen-bond acceptors (Lipinski definition) is 4. The van der Waals surface area contributed by atoms with Gasteiger partial charge in [0.05, 0.1) is 18.6 Å². The number of carbonyl (C=O) groups is 1. The molecule has 26 heavy (non-hydrogen) atoms. The van der Waals surface area contributed by atoms with Crippen LogP contribution in [0.2, 0.25) is 0 Å². The van der Waals surface area contributed by atoms with Crippen LogP contribution in [0.5, 0.6) is 0 Å². The summed E-state index contributed by atoms with van der Waals surface area (Å²) in [6.07, 6.45) is 2.18. The van der Waals surface area contributed by atoms with Crippen molar-refractivity contribution in [2.75, 3.05) is 0 Å². The van der Waals surface area contributed by atoms with Crippen molar-refractivity contribution in [3.8, 4) is 0 Å². The minimum Gasteiger partial charge on any atom is -0.350 e. The number of carbonyl (C=O) groups excluding carboxylic acids is 1. The Hall–Kier alpha value is -2.29. The summed E-state index contributed by atoms with van der Waals surface area (Å²) in [6.45, 7) is 0.721. The van der Waals surface area contributed by atoms with E-state index in [1.54, 1.807) is 18.4 Å². The van der Waals surface area contributed by atoms with Crippen molar-refractivity contribution in [3.05, 3.63) is 33.4 Å². The maximum absolute atomic E-state index is 12.6. The molecule has 0 spiro atoms. The Balaban J connectivity index is 1.75. The number of H-pyrrole nitrogens is 1. The standard InChI is InChI=1S/C17H22F2N4O3/c1-9-11(10(2)23-14(20-9)8-16(25)22-23)7-15(24)21-12-5-3-4-6-13(12)26-17(18)19/h8,12-13,17H,3-7H2,1-2H3,(H,21,24)(H,22,25)/t12-,13-/m1/s1. The van der Waals surface area contributed by atoms with E-state index in [-0.39, 0.29) is 17.9 Å². The molecule has 1 aliphatic carbocycles. The van der Waals surface area contributed by atoms with E-state index in [2.05, 4.69) is 20.1 Å². The van der Waals surface area contributed by atoms with E-state index in [4.69, 9.17) is 0 Å². The molecule has 2 heterocycles. The number of halogens is 2. The quantitative estimate of drug-likeness (QED) is 0.843. The van der Waals surface area contributed by atoms with Crippen molar-refractivity contribution in [2.45, 2.75) is 64.7 Å². The molecule has 1 fully saturated rings. The number of hydrogen-bond donors (Lipinski definition) is 2. The fraction of sp³-hybridized carbons (Fsp3) is 0.588. The van der Waals surface area contributed by atoms with E-state index >= 15 is 0 Å². The molecule has 1 aliphatic rings. The smallest absolute Gasteiger partial charge is 0.345 e. The van der Waals surface area contributed by atoms with Gasteiger partial charge in [0.15, 0.2) is 5.65 Å². The van der Waals surface area contributed by atoms with Crippen LogP contribution in [0.4, 0.5) is 8.78 Å². The van der Waals surface area contributed by atoms with Crippen molar-refractivity contribution in [1.29, 1.82) is 0 Å². The lowest BCUT2D eigenvalue weighted by Gasteiger charge is -2.31. The molecule has 0 saturated heterocycles. The van der Waals surface area contributed by atoms with Gasteiger partial charge in [-0.2, -0.15) is 8.78 Å². The average Bonchev–Trinajstić information content (AvgIpc) is 2.93. The maximum Gasteiger partial charge on any atom is 0.345 e. The number of nitrogens with zero attached hydrogens (tertiary/aromatic N) is 2. The fourth-order valence-electron chi connectivity index (χ4n) is 3.59. The Morgan fingerprint density at radius 3 is 2.88 bits per heavy atom. The van der Waals surface area contributed by atoms with Gasteiger partial charge < -0.3 is 10.1 Å². The van der Waals surface area contributed by atoms with Gasteiger partial charge in [-0.05, 0) is 26.7 Å². The number of aromatic amines is 1. The van der Waals surface area contributed by atoms with Crippen LogP contribution in [0.25, 0.3) is 5.65 Å². The van der Waals surface area contributed by atoms with Crippen molar-refractivity contribution in [1.82, 2.24) is 19.9 Å². The van der Waals surface area contributed by atoms with E-state index < -0.39 is 18.8 Å². The molecular weight excluding hydrogens is 346 g/mol. The first kappa shape index (κ1) is 18.5. The number of fused-ring (bicyclic) bond motifs is 1. The summed E-state index contributed by atoms with van der Waals surface area (Å²) in [7, 11) is 0. The minimum atomic E-state index is -2.85. The molecule has 0 aromatic carbocycles. The van der Waals surface area contributed by atoms with Gasteiger partial charge in [-0.25, -0.2) is 9.50 Å². The number of amides is 1. The van der Waals surface area contributed by atoms with Crippen molar-refractivity contribution in [2.24, 2.45) is 0 Å². The first-order valence-electron chi connectivity index (χ1n) is 8.66. The molecule has 142 valence electrons. The molecule has 2 atom stereocenters. The second-order valence-corrected chi connectivity index (χ2v) is 6.65. The predicted molar refractivity (Wildman–Crippen MR) is 90.3 cm³/mol. The zero-order valence-corrected chi connectivity index (χ0v) is 14.7. The SMILES string of the molecule is Cc1nc2cc(=O)[nH]n2c(C)c1CC(=O)N[C@@H]1CCCC[C@H]1OC(F)F. The zero-order chi connectivity index (χ0) is 18.8. The molecule has 0 bridgehead atoms. The van der Waals surface area contributed by atoms with Crippen LogP contribution < -0.4 is 10.9 Å². The van der Waals surface area contributed by atoms with Gasteiger partial charge in [-0.15, -0.1) is 0 Å². The third kappa shape index (κ3) is 3.92. The Labute approximate surface area is 148 Å². The van der Waals surface area contributed by atoms with E-state index in [0.717, 1.165) is 12.8 Å². The summed E-state index contributed by atoms with van der Waals surface area (Å²) < 4.78 is 31.3. The highest BCUT2D eigenvalue weighted by atomic mass is 19.3. The lowest BCUT2D eigenvalue weighted by Crippen LogP contribution is -2.47. The van der Waals surface area contributed by atoms with Crippen LogP contribution >= 0.6 is 0 Å². The van der Waals surface area contributed by atoms with E-state index in [1.165, 1.54) is 6.07 Å². The van der Waals surface area contributed by atoms with Gasteiger partial charge in [-0.1, -0.05) is 12.8 Å². The van der Waals surface area contributed by atoms with Gasteiger partial charge in [0.1, 0.15) is 0 Å². The molecule has 1 amide bonds. The molecular formula is C17H22F2N4O3. The first-order chi connectivity index (χ1) is 12.3. The minimum absolute atomic E-state index is 0.0543. The molecule has 3 rings (SSSR count). The highest BCUT2D eigenvalue weighted by Crippen LogP contribution is 2.23. The second kappa shape index (κ2) is 7.53. The Morgan fingerprint density at radius 2 is 2.15 bits per heavy atom. The van der Waals surface area contributed by atoms with Gasteiger partial charge in [0.2, 0.25) is 5.91 Å². The largest absolute Gasteiger partial charge is 0.350 e. The first-order valence-corrected chi connectivity index (χ1v) is 8.66. The lowest BCUT2D eigenvalue weighted by atomic mass is 9.92. The topological polar surface area (TPSA) is 88.5 Å². The highest BCUT2D eigenvalue weighted by Gasteiger charge is 2.29. The number of aryl methyl sites for hydroxylation is 2. The van der Waals surface area contributed by atoms with Gasteiger partial charge >= 0.3 is 6.61 Å². The summed E-state index contributed by atoms with van der Waals surface area (Å²) in [5.74, 6) is -0.276. The summed E-state index contributed by atoms with van der Waals surface area (Å²) in [5.41, 5.74) is 2.29. The van der Waals surface area contributed by atoms with Crippen LogP contribution in [0.1, 0.15) is 42.6 Å². The van der Waals surface area contributed by atoms with Crippen molar-refractivity contribution < 1.29 is 18.3 Å². The molecule has 0 aliphatic heterocycles. The van der Waals surface area contributed by atoms with Gasteiger partial charge in [-0.3, -0.25) is 14.7 Å². The average molecular weight is 368 g/mol. The summed E-state index contributed by atoms with van der Waals surface area (Å²) in [6, 6.07) is 0.965. The highest BCUT2D eigenvalue weighted by molar-refractivity contribution is 5.79. The fourth-order valence-corrected chi connectivity index (χ4v) is 3.59. The molecule has 7 nitrogen and oxygen atoms in total. The number of aromatic nitrogens is 3. The van der Waals surface area contributed by atoms with Gasteiger partial charge in [0.25, 0.3) is 5.56 Å². The Morgan fingerprint density at radius 1 is 1.42 bits per heavy atom. The summed E-state index contributed by atoms with van der Waals surface area (Å²) in [5, 5.41) is 5.47. The van der Waals surface area contributed by atoms with Gasteiger partial charge in [0, 0.05) is 23.0 Å². The monoisotopic (exact) mass is 368 g/mol. The molecule has 0 radical (unpaired) electrons. The number of alkyl halides is 2. The molecule has 2 aromatic rings. The van der Waals surface area contributed by atoms with E-state index in [1.807, 2.05) is 0 Å². The molecule has 2 aromatic heterocycles. The summed E-state index contributed by atoms with van der Waals surface area (Å²) in [4.78, 5) is 28.3. The lowest BCUT2D eigenvalue weighted by molar-refractivity contribution is -0.177. The van der Waals surface area contributed by atoms with Crippen LogP contribution in [0, 0.1) is 13.8 Å². The normalized spacial score (nSPS) is 20.7. The van der Waals surface area contributed by atoms with Crippen LogP contribution in [0.3, 0.4) is 0 Å². The molecule has 2 N–H and O–H groups in total. The number of ether oxygens (including phenoxy) is 1. The van der Waals surface area contributed by atoms with Crippen LogP contribution in [-0.2, 0) is 16.0 Å². The van der Waals surface area contributed by atoms with E-state index in [0.29, 0.717) is 35.4 Å². The molecule has 1 saturated carbocycles.